The monoisotopic (exact) mass is 200 g/mol. The summed E-state index contributed by atoms with van der Waals surface area (Å²) in [6, 6.07) is 7.30. The van der Waals surface area contributed by atoms with Gasteiger partial charge in [0.05, 0.1) is 17.7 Å². The molecule has 0 fully saturated rings. The molecule has 0 radical (unpaired) electrons. The van der Waals surface area contributed by atoms with E-state index < -0.39 is 0 Å². The maximum atomic E-state index is 8.99. The lowest BCUT2D eigenvalue weighted by atomic mass is 10.3. The predicted octanol–water partition coefficient (Wildman–Crippen LogP) is 2.49. The molecule has 0 amide bonds. The Balaban J connectivity index is 2.41. The van der Waals surface area contributed by atoms with E-state index in [2.05, 4.69) is 0 Å². The maximum Gasteiger partial charge on any atom is 0.137 e. The fourth-order valence-electron chi connectivity index (χ4n) is 0.901. The Kier molecular flexibility index (Phi) is 4.06. The summed E-state index contributed by atoms with van der Waals surface area (Å²) in [6.45, 7) is 2.22. The van der Waals surface area contributed by atoms with Gasteiger partial charge in [-0.3, -0.25) is 0 Å². The third-order valence-corrected chi connectivity index (χ3v) is 1.94. The zero-order valence-corrected chi connectivity index (χ0v) is 8.29. The molecule has 1 aromatic carbocycles. The number of rotatable bonds is 4. The minimum Gasteiger partial charge on any atom is -0.492 e. The smallest absolute Gasteiger partial charge is 0.137 e. The van der Waals surface area contributed by atoms with Gasteiger partial charge in [-0.25, -0.2) is 0 Å². The van der Waals surface area contributed by atoms with Gasteiger partial charge >= 0.3 is 0 Å². The first-order chi connectivity index (χ1) is 6.20. The first-order valence-electron chi connectivity index (χ1n) is 4.25. The molecule has 2 nitrogen and oxygen atoms in total. The third-order valence-electron chi connectivity index (χ3n) is 1.63. The number of aliphatic hydroxyl groups is 1. The number of halogens is 1. The Hall–Kier alpha value is -0.730. The molecule has 3 heteroatoms. The zero-order chi connectivity index (χ0) is 9.68. The minimum atomic E-state index is -0.331. The van der Waals surface area contributed by atoms with E-state index >= 15 is 0 Å². The summed E-state index contributed by atoms with van der Waals surface area (Å²) in [7, 11) is 0. The van der Waals surface area contributed by atoms with Gasteiger partial charge in [-0.15, -0.1) is 0 Å². The Morgan fingerprint density at radius 3 is 2.77 bits per heavy atom. The van der Waals surface area contributed by atoms with E-state index in [1.54, 1.807) is 13.0 Å². The highest BCUT2D eigenvalue weighted by molar-refractivity contribution is 6.32. The number of ether oxygens (including phenoxy) is 1. The van der Waals surface area contributed by atoms with Gasteiger partial charge < -0.3 is 9.84 Å². The molecular weight excluding hydrogens is 188 g/mol. The summed E-state index contributed by atoms with van der Waals surface area (Å²) in [6.07, 6.45) is 0.285. The quantitative estimate of drug-likeness (QED) is 0.809. The van der Waals surface area contributed by atoms with Crippen LogP contribution >= 0.6 is 11.6 Å². The summed E-state index contributed by atoms with van der Waals surface area (Å²) in [5.74, 6) is 0.671. The molecule has 0 aliphatic carbocycles. The third kappa shape index (κ3) is 3.66. The van der Waals surface area contributed by atoms with Crippen LogP contribution in [0.15, 0.2) is 24.3 Å². The van der Waals surface area contributed by atoms with Crippen LogP contribution < -0.4 is 4.74 Å². The number of para-hydroxylation sites is 1. The van der Waals surface area contributed by atoms with Crippen molar-refractivity contribution in [2.24, 2.45) is 0 Å². The average Bonchev–Trinajstić information content (AvgIpc) is 2.08. The van der Waals surface area contributed by atoms with E-state index in [4.69, 9.17) is 21.4 Å². The van der Waals surface area contributed by atoms with E-state index in [1.807, 2.05) is 18.2 Å². The molecule has 0 bridgehead atoms. The van der Waals surface area contributed by atoms with Crippen molar-refractivity contribution >= 4 is 11.6 Å². The first-order valence-corrected chi connectivity index (χ1v) is 4.63. The molecule has 0 aliphatic rings. The molecule has 0 saturated carbocycles. The molecule has 1 atom stereocenters. The van der Waals surface area contributed by atoms with Gasteiger partial charge in [0.1, 0.15) is 5.75 Å². The van der Waals surface area contributed by atoms with Crippen molar-refractivity contribution in [2.75, 3.05) is 6.61 Å². The van der Waals surface area contributed by atoms with Crippen molar-refractivity contribution in [1.82, 2.24) is 0 Å². The average molecular weight is 201 g/mol. The van der Waals surface area contributed by atoms with Crippen molar-refractivity contribution in [3.8, 4) is 5.75 Å². The second kappa shape index (κ2) is 5.10. The molecule has 72 valence electrons. The van der Waals surface area contributed by atoms with E-state index in [0.717, 1.165) is 0 Å². The van der Waals surface area contributed by atoms with Crippen LogP contribution in [0.25, 0.3) is 0 Å². The summed E-state index contributed by atoms with van der Waals surface area (Å²) in [5, 5.41) is 9.59. The molecule has 1 rings (SSSR count). The number of hydrogen-bond donors (Lipinski definition) is 1. The zero-order valence-electron chi connectivity index (χ0n) is 7.53. The largest absolute Gasteiger partial charge is 0.492 e. The van der Waals surface area contributed by atoms with Gasteiger partial charge in [0.2, 0.25) is 0 Å². The van der Waals surface area contributed by atoms with E-state index in [0.29, 0.717) is 23.8 Å². The van der Waals surface area contributed by atoms with Gasteiger partial charge in [-0.2, -0.15) is 0 Å². The lowest BCUT2D eigenvalue weighted by Gasteiger charge is -2.08. The van der Waals surface area contributed by atoms with Crippen LogP contribution in [0.1, 0.15) is 13.3 Å². The van der Waals surface area contributed by atoms with Crippen molar-refractivity contribution in [3.63, 3.8) is 0 Å². The number of aliphatic hydroxyl groups excluding tert-OH is 1. The summed E-state index contributed by atoms with van der Waals surface area (Å²) < 4.78 is 5.36. The lowest BCUT2D eigenvalue weighted by molar-refractivity contribution is 0.155. The molecule has 0 aliphatic heterocycles. The molecular formula is C10H13ClO2. The van der Waals surface area contributed by atoms with E-state index in [-0.39, 0.29) is 6.10 Å². The van der Waals surface area contributed by atoms with Gasteiger partial charge in [0.15, 0.2) is 0 Å². The Morgan fingerprint density at radius 2 is 2.15 bits per heavy atom. The topological polar surface area (TPSA) is 29.5 Å². The summed E-state index contributed by atoms with van der Waals surface area (Å²) >= 11 is 5.85. The van der Waals surface area contributed by atoms with Gasteiger partial charge in [-0.05, 0) is 19.1 Å². The molecule has 13 heavy (non-hydrogen) atoms. The Labute approximate surface area is 83.1 Å². The second-order valence-corrected chi connectivity index (χ2v) is 3.32. The summed E-state index contributed by atoms with van der Waals surface area (Å²) in [4.78, 5) is 0. The molecule has 1 N–H and O–H groups in total. The van der Waals surface area contributed by atoms with Crippen molar-refractivity contribution in [1.29, 1.82) is 0 Å². The standard InChI is InChI=1S/C10H13ClO2/c1-8(12)6-7-13-10-5-3-2-4-9(10)11/h2-5,8,12H,6-7H2,1H3. The highest BCUT2D eigenvalue weighted by Gasteiger charge is 2.00. The molecule has 0 saturated heterocycles. The molecule has 0 spiro atoms. The second-order valence-electron chi connectivity index (χ2n) is 2.92. The van der Waals surface area contributed by atoms with Gasteiger partial charge in [0.25, 0.3) is 0 Å². The number of benzene rings is 1. The van der Waals surface area contributed by atoms with Crippen LogP contribution in [0.2, 0.25) is 5.02 Å². The Morgan fingerprint density at radius 1 is 1.46 bits per heavy atom. The van der Waals surface area contributed by atoms with Crippen molar-refractivity contribution in [2.45, 2.75) is 19.4 Å². The normalized spacial score (nSPS) is 12.5. The minimum absolute atomic E-state index is 0.331. The van der Waals surface area contributed by atoms with Crippen LogP contribution in [-0.2, 0) is 0 Å². The first kappa shape index (κ1) is 10.4. The van der Waals surface area contributed by atoms with Gasteiger partial charge in [0, 0.05) is 6.42 Å². The van der Waals surface area contributed by atoms with Crippen LogP contribution in [0.5, 0.6) is 5.75 Å². The van der Waals surface area contributed by atoms with Crippen LogP contribution in [0.4, 0.5) is 0 Å². The predicted molar refractivity (Wildman–Crippen MR) is 53.2 cm³/mol. The molecule has 0 heterocycles. The highest BCUT2D eigenvalue weighted by atomic mass is 35.5. The molecule has 1 unspecified atom stereocenters. The van der Waals surface area contributed by atoms with Crippen molar-refractivity contribution in [3.05, 3.63) is 29.3 Å². The summed E-state index contributed by atoms with van der Waals surface area (Å²) in [5.41, 5.74) is 0. The van der Waals surface area contributed by atoms with E-state index in [1.165, 1.54) is 0 Å². The van der Waals surface area contributed by atoms with Crippen molar-refractivity contribution < 1.29 is 9.84 Å². The lowest BCUT2D eigenvalue weighted by Crippen LogP contribution is -2.07. The fraction of sp³-hybridized carbons (Fsp3) is 0.400. The van der Waals surface area contributed by atoms with Gasteiger partial charge in [-0.1, -0.05) is 23.7 Å². The number of hydrogen-bond acceptors (Lipinski definition) is 2. The maximum absolute atomic E-state index is 8.99. The molecule has 1 aromatic rings. The van der Waals surface area contributed by atoms with E-state index in [9.17, 15) is 0 Å². The molecule has 0 aromatic heterocycles. The van der Waals surface area contributed by atoms with Crippen LogP contribution in [-0.4, -0.2) is 17.8 Å². The SMILES string of the molecule is CC(O)CCOc1ccccc1Cl. The fourth-order valence-corrected chi connectivity index (χ4v) is 1.09. The Bertz CT molecular complexity index is 261. The van der Waals surface area contributed by atoms with Crippen LogP contribution in [0.3, 0.4) is 0 Å². The highest BCUT2D eigenvalue weighted by Crippen LogP contribution is 2.23. The van der Waals surface area contributed by atoms with Crippen LogP contribution in [0, 0.1) is 0 Å².